The lowest BCUT2D eigenvalue weighted by Crippen LogP contribution is -2.36. The monoisotopic (exact) mass is 308 g/mol. The Hall–Kier alpha value is -0.860. The van der Waals surface area contributed by atoms with Gasteiger partial charge in [0.25, 0.3) is 0 Å². The van der Waals surface area contributed by atoms with Crippen molar-refractivity contribution in [3.05, 3.63) is 36.0 Å². The number of hydrogen-bond donors (Lipinski definition) is 2. The van der Waals surface area contributed by atoms with Crippen LogP contribution in [0.4, 0.5) is 0 Å². The quantitative estimate of drug-likeness (QED) is 0.688. The van der Waals surface area contributed by atoms with E-state index >= 15 is 0 Å². The van der Waals surface area contributed by atoms with E-state index < -0.39 is 11.2 Å². The normalized spacial score (nSPS) is 23.8. The standard InChI is InChI=1S/2C10H18O/c1-8(2)10(11)6-4-9(3)5-7-10;1-5-10(4,11)8-6-7-9(2)3/h4,8,11H,5-7H2,1-3H3;5,7,11H,1,6,8H2,2-4H3. The van der Waals surface area contributed by atoms with E-state index in [9.17, 15) is 10.2 Å². The van der Waals surface area contributed by atoms with E-state index in [0.29, 0.717) is 5.92 Å². The first kappa shape index (κ1) is 21.1. The SMILES string of the molecule is C=CC(C)(O)CCC=C(C)C.CC1=CCC(O)(C(C)C)CC1. The van der Waals surface area contributed by atoms with Gasteiger partial charge in [0.05, 0.1) is 11.2 Å². The molecule has 0 saturated carbocycles. The smallest absolute Gasteiger partial charge is 0.0800 e. The lowest BCUT2D eigenvalue weighted by molar-refractivity contribution is -0.0140. The van der Waals surface area contributed by atoms with Crippen LogP contribution in [0.3, 0.4) is 0 Å². The van der Waals surface area contributed by atoms with Crippen molar-refractivity contribution in [1.82, 2.24) is 0 Å². The van der Waals surface area contributed by atoms with Crippen LogP contribution in [0, 0.1) is 5.92 Å². The first-order valence-electron chi connectivity index (χ1n) is 8.40. The van der Waals surface area contributed by atoms with Gasteiger partial charge in [-0.15, -0.1) is 6.58 Å². The zero-order valence-corrected chi connectivity index (χ0v) is 15.4. The van der Waals surface area contributed by atoms with Gasteiger partial charge in [-0.1, -0.05) is 43.2 Å². The van der Waals surface area contributed by atoms with Gasteiger partial charge >= 0.3 is 0 Å². The molecule has 22 heavy (non-hydrogen) atoms. The molecule has 1 rings (SSSR count). The molecule has 0 aromatic carbocycles. The highest BCUT2D eigenvalue weighted by Crippen LogP contribution is 2.32. The molecule has 0 fully saturated rings. The van der Waals surface area contributed by atoms with Crippen LogP contribution in [0.15, 0.2) is 36.0 Å². The van der Waals surface area contributed by atoms with Crippen LogP contribution in [0.25, 0.3) is 0 Å². The van der Waals surface area contributed by atoms with E-state index in [1.807, 2.05) is 0 Å². The minimum absolute atomic E-state index is 0.381. The van der Waals surface area contributed by atoms with Gasteiger partial charge in [-0.05, 0) is 65.7 Å². The fraction of sp³-hybridized carbons (Fsp3) is 0.700. The van der Waals surface area contributed by atoms with Gasteiger partial charge in [0.1, 0.15) is 0 Å². The van der Waals surface area contributed by atoms with E-state index in [1.54, 1.807) is 13.0 Å². The second-order valence-corrected chi connectivity index (χ2v) is 7.39. The summed E-state index contributed by atoms with van der Waals surface area (Å²) in [6.07, 6.45) is 10.4. The van der Waals surface area contributed by atoms with Gasteiger partial charge in [-0.25, -0.2) is 0 Å². The van der Waals surface area contributed by atoms with Crippen molar-refractivity contribution in [2.45, 2.75) is 84.8 Å². The summed E-state index contributed by atoms with van der Waals surface area (Å²) >= 11 is 0. The Morgan fingerprint density at radius 3 is 2.41 bits per heavy atom. The van der Waals surface area contributed by atoms with Gasteiger partial charge < -0.3 is 10.2 Å². The zero-order chi connectivity index (χ0) is 17.4. The molecule has 128 valence electrons. The van der Waals surface area contributed by atoms with Crippen molar-refractivity contribution in [3.63, 3.8) is 0 Å². The summed E-state index contributed by atoms with van der Waals surface area (Å²) < 4.78 is 0. The summed E-state index contributed by atoms with van der Waals surface area (Å²) in [6.45, 7) is 15.8. The Bertz CT molecular complexity index is 398. The van der Waals surface area contributed by atoms with Crippen molar-refractivity contribution in [3.8, 4) is 0 Å². The maximum atomic E-state index is 10.0. The van der Waals surface area contributed by atoms with E-state index in [2.05, 4.69) is 53.3 Å². The zero-order valence-electron chi connectivity index (χ0n) is 15.4. The van der Waals surface area contributed by atoms with Crippen molar-refractivity contribution >= 4 is 0 Å². The summed E-state index contributed by atoms with van der Waals surface area (Å²) in [5.74, 6) is 0.381. The molecule has 2 N–H and O–H groups in total. The van der Waals surface area contributed by atoms with Gasteiger partial charge in [0.2, 0.25) is 0 Å². The highest BCUT2D eigenvalue weighted by atomic mass is 16.3. The van der Waals surface area contributed by atoms with E-state index in [0.717, 1.165) is 32.1 Å². The predicted octanol–water partition coefficient (Wildman–Crippen LogP) is 5.17. The minimum atomic E-state index is -0.702. The lowest BCUT2D eigenvalue weighted by Gasteiger charge is -2.34. The Morgan fingerprint density at radius 2 is 2.05 bits per heavy atom. The van der Waals surface area contributed by atoms with Crippen molar-refractivity contribution in [2.75, 3.05) is 0 Å². The molecular weight excluding hydrogens is 272 g/mol. The molecule has 0 spiro atoms. The van der Waals surface area contributed by atoms with Gasteiger partial charge in [0, 0.05) is 0 Å². The summed E-state index contributed by atoms with van der Waals surface area (Å²) in [5.41, 5.74) is 1.60. The first-order chi connectivity index (χ1) is 10.0. The highest BCUT2D eigenvalue weighted by molar-refractivity contribution is 5.08. The van der Waals surface area contributed by atoms with Crippen LogP contribution in [-0.4, -0.2) is 21.4 Å². The molecule has 2 nitrogen and oxygen atoms in total. The maximum Gasteiger partial charge on any atom is 0.0800 e. The van der Waals surface area contributed by atoms with Crippen LogP contribution in [0.5, 0.6) is 0 Å². The lowest BCUT2D eigenvalue weighted by atomic mass is 9.78. The maximum absolute atomic E-state index is 10.0. The third-order valence-corrected chi connectivity index (χ3v) is 4.47. The molecule has 0 radical (unpaired) electrons. The van der Waals surface area contributed by atoms with E-state index in [4.69, 9.17) is 0 Å². The predicted molar refractivity (Wildman–Crippen MR) is 96.9 cm³/mol. The number of aliphatic hydroxyl groups is 2. The Morgan fingerprint density at radius 1 is 1.45 bits per heavy atom. The van der Waals surface area contributed by atoms with Crippen LogP contribution >= 0.6 is 0 Å². The second-order valence-electron chi connectivity index (χ2n) is 7.39. The van der Waals surface area contributed by atoms with E-state index in [-0.39, 0.29) is 0 Å². The Labute approximate surface area is 137 Å². The fourth-order valence-electron chi connectivity index (χ4n) is 2.25. The summed E-state index contributed by atoms with van der Waals surface area (Å²) in [5, 5.41) is 19.5. The average Bonchev–Trinajstić information content (AvgIpc) is 2.42. The highest BCUT2D eigenvalue weighted by Gasteiger charge is 2.31. The van der Waals surface area contributed by atoms with Gasteiger partial charge in [-0.3, -0.25) is 0 Å². The summed E-state index contributed by atoms with van der Waals surface area (Å²) in [6, 6.07) is 0. The Kier molecular flexibility index (Phi) is 8.95. The molecule has 1 aliphatic rings. The minimum Gasteiger partial charge on any atom is -0.389 e. The molecule has 0 bridgehead atoms. The second kappa shape index (κ2) is 9.32. The van der Waals surface area contributed by atoms with Gasteiger partial charge in [0.15, 0.2) is 0 Å². The summed E-state index contributed by atoms with van der Waals surface area (Å²) in [7, 11) is 0. The molecule has 2 atom stereocenters. The molecule has 0 amide bonds. The average molecular weight is 309 g/mol. The molecular formula is C20H36O2. The van der Waals surface area contributed by atoms with Crippen molar-refractivity contribution in [2.24, 2.45) is 5.92 Å². The fourth-order valence-corrected chi connectivity index (χ4v) is 2.25. The molecule has 2 heteroatoms. The molecule has 0 aromatic heterocycles. The number of allylic oxidation sites excluding steroid dienone is 3. The Balaban J connectivity index is 0.000000401. The molecule has 0 heterocycles. The van der Waals surface area contributed by atoms with Crippen LogP contribution in [0.2, 0.25) is 0 Å². The van der Waals surface area contributed by atoms with E-state index in [1.165, 1.54) is 11.1 Å². The molecule has 0 saturated heterocycles. The van der Waals surface area contributed by atoms with Crippen LogP contribution in [0.1, 0.15) is 73.6 Å². The largest absolute Gasteiger partial charge is 0.389 e. The first-order valence-corrected chi connectivity index (χ1v) is 8.40. The third kappa shape index (κ3) is 8.55. The molecule has 0 aliphatic heterocycles. The number of rotatable bonds is 5. The van der Waals surface area contributed by atoms with Crippen LogP contribution in [-0.2, 0) is 0 Å². The topological polar surface area (TPSA) is 40.5 Å². The number of hydrogen-bond acceptors (Lipinski definition) is 2. The molecule has 1 aliphatic carbocycles. The van der Waals surface area contributed by atoms with Crippen molar-refractivity contribution in [1.29, 1.82) is 0 Å². The third-order valence-electron chi connectivity index (χ3n) is 4.47. The molecule has 2 unspecified atom stereocenters. The van der Waals surface area contributed by atoms with Crippen LogP contribution < -0.4 is 0 Å². The summed E-state index contributed by atoms with van der Waals surface area (Å²) in [4.78, 5) is 0. The molecule has 0 aromatic rings. The van der Waals surface area contributed by atoms with Crippen molar-refractivity contribution < 1.29 is 10.2 Å². The van der Waals surface area contributed by atoms with Gasteiger partial charge in [-0.2, -0.15) is 0 Å².